The molecule has 0 saturated carbocycles. The van der Waals surface area contributed by atoms with Gasteiger partial charge in [-0.3, -0.25) is 62.5 Å². The molecule has 2 fully saturated rings. The minimum absolute atomic E-state index is 0.0144. The average molecular weight is 1360 g/mol. The van der Waals surface area contributed by atoms with E-state index in [1.807, 2.05) is 0 Å². The molecule has 1 aromatic rings. The number of carboxylic acids is 1. The number of amides is 10. The summed E-state index contributed by atoms with van der Waals surface area (Å²) in [5.74, 6) is -11.9. The van der Waals surface area contributed by atoms with Crippen LogP contribution in [0.4, 0.5) is 0 Å². The zero-order valence-electron chi connectivity index (χ0n) is 47.8. The second-order valence-electron chi connectivity index (χ2n) is 19.6. The van der Waals surface area contributed by atoms with E-state index < -0.39 is 132 Å². The third-order valence-corrected chi connectivity index (χ3v) is 16.0. The van der Waals surface area contributed by atoms with Gasteiger partial charge >= 0.3 is 30.6 Å². The Morgan fingerprint density at radius 2 is 1.24 bits per heavy atom. The van der Waals surface area contributed by atoms with E-state index in [9.17, 15) is 62.6 Å². The molecular weight excluding hydrogens is 1280 g/mol. The van der Waals surface area contributed by atoms with Crippen molar-refractivity contribution in [3.05, 3.63) is 58.0 Å². The SMILES string of the molecule is [NH-]CC[N-]CC(C[N-]CC[NH-])CC(=O)CCCC(=O)NCCCC[C@@H]1NC(=O)CSC[C@@H](C(N)=O)NC(=O)[C@H](Cc2ccccc2)NC(=O)[C@@H]2CSSC[C@H](NC1=O)C(=O)N[C@@H](CCCN=C(N)N)C(=O)NCC(=O)N[C@@H](CC(=O)O)C(=O)N2.[O]=[Tc]=[O]. The van der Waals surface area contributed by atoms with E-state index >= 15 is 0 Å². The van der Waals surface area contributed by atoms with E-state index in [4.69, 9.17) is 35.7 Å². The van der Waals surface area contributed by atoms with E-state index in [1.165, 1.54) is 0 Å². The number of ketones is 1. The topological polar surface area (TPSA) is 534 Å². The van der Waals surface area contributed by atoms with Crippen molar-refractivity contribution in [2.75, 3.05) is 81.9 Å². The summed E-state index contributed by atoms with van der Waals surface area (Å²) < 4.78 is 17.0. The van der Waals surface area contributed by atoms with Crippen LogP contribution in [0.2, 0.25) is 0 Å². The van der Waals surface area contributed by atoms with Crippen molar-refractivity contribution < 1.29 is 87.3 Å². The predicted molar refractivity (Wildman–Crippen MR) is 320 cm³/mol. The number of aliphatic carboxylic acids is 1. The third kappa shape index (κ3) is 34.0. The number of hydrogen-bond donors (Lipinski definition) is 13. The van der Waals surface area contributed by atoms with Gasteiger partial charge in [0.25, 0.3) is 0 Å². The number of primary amides is 1. The first kappa shape index (κ1) is 76.6. The molecule has 10 amide bonds. The van der Waals surface area contributed by atoms with E-state index in [0.717, 1.165) is 33.3 Å². The van der Waals surface area contributed by atoms with Crippen molar-refractivity contribution in [1.82, 2.24) is 47.9 Å². The number of benzene rings is 1. The number of aliphatic imine (C=N–C) groups is 1. The van der Waals surface area contributed by atoms with Crippen molar-refractivity contribution in [1.29, 1.82) is 0 Å². The number of carbonyl (C=O) groups excluding carboxylic acids is 11. The van der Waals surface area contributed by atoms with Crippen LogP contribution in [0.15, 0.2) is 35.3 Å². The standard InChI is InChI=1S/C51H79N17O13S3.2O.Tc/c52-14-18-57-23-31(24-58-19-15-53)20-32(69)10-6-13-40(70)59-16-5-4-11-34-46(77)67-38-27-83-84-28-39(50(81)65-35(21-30-8-2-1-3-9-30)47(78)66-37(44(54)75)26-82-29-42(72)62-34)68-48(79)36(22-43(73)74)63-41(71)25-61-45(76)33(64-49(38)80)12-7-17-60-51(55)56;;;/h1-3,8-9,31,33-39,52-53H,4-7,10-29H2,(H2,54,75)(H,59,70)(H,61,76)(H,62,72)(H,63,71)(H,64,80)(H,65,81)(H,66,78)(H,67,77)(H,68,79)(H,73,74)(H4,55,56,60);;;/q-4;;;/t33-,34-,35-,36-,37-,38-,39-;;;/m0.../s1. The molecule has 0 aromatic heterocycles. The molecule has 2 aliphatic heterocycles. The molecule has 36 heteroatoms. The molecular formula is C51H79N17O15S3Tc-4. The summed E-state index contributed by atoms with van der Waals surface area (Å²) in [4.78, 5) is 166. The van der Waals surface area contributed by atoms with Gasteiger partial charge in [0.15, 0.2) is 5.96 Å². The van der Waals surface area contributed by atoms with Gasteiger partial charge in [-0.2, -0.15) is 26.2 Å². The number of Topliss-reactive ketones (excluding diaryl/α,β-unsaturated/α-hetero) is 1. The summed E-state index contributed by atoms with van der Waals surface area (Å²) >= 11 is -1.04. The fourth-order valence-corrected chi connectivity index (χ4v) is 11.4. The Balaban J connectivity index is 0.00000842. The molecule has 0 aliphatic carbocycles. The van der Waals surface area contributed by atoms with Gasteiger partial charge in [-0.25, -0.2) is 0 Å². The van der Waals surface area contributed by atoms with Crippen molar-refractivity contribution in [3.8, 4) is 0 Å². The van der Waals surface area contributed by atoms with Crippen LogP contribution >= 0.6 is 33.3 Å². The number of nitrogens with one attached hydrogen (secondary N) is 11. The third-order valence-electron chi connectivity index (χ3n) is 12.5. The zero-order valence-corrected chi connectivity index (χ0v) is 52.1. The maximum absolute atomic E-state index is 14.4. The Hall–Kier alpha value is -6.53. The van der Waals surface area contributed by atoms with Crippen LogP contribution in [0.3, 0.4) is 0 Å². The zero-order chi connectivity index (χ0) is 64.5. The second-order valence-corrected chi connectivity index (χ2v) is 23.5. The number of guanidine groups is 1. The van der Waals surface area contributed by atoms with E-state index in [1.54, 1.807) is 30.3 Å². The summed E-state index contributed by atoms with van der Waals surface area (Å²) in [5.41, 5.74) is 31.9. The monoisotopic (exact) mass is 1360 g/mol. The van der Waals surface area contributed by atoms with Gasteiger partial charge in [0.1, 0.15) is 48.1 Å². The molecule has 2 bridgehead atoms. The normalized spacial score (nSPS) is 21.3. The molecule has 2 saturated heterocycles. The molecule has 1 aromatic carbocycles. The number of carbonyl (C=O) groups is 12. The molecule has 3 rings (SSSR count). The number of hydrogen-bond acceptors (Lipinski definition) is 18. The molecule has 487 valence electrons. The Morgan fingerprint density at radius 3 is 1.83 bits per heavy atom. The Morgan fingerprint density at radius 1 is 0.678 bits per heavy atom. The van der Waals surface area contributed by atoms with Crippen LogP contribution in [0.25, 0.3) is 22.1 Å². The number of nitrogens with zero attached hydrogens (tertiary/aromatic N) is 3. The van der Waals surface area contributed by atoms with E-state index in [0.29, 0.717) is 38.2 Å². The van der Waals surface area contributed by atoms with Crippen LogP contribution in [-0.4, -0.2) is 206 Å². The Kier molecular flexibility index (Phi) is 39.5. The average Bonchev–Trinajstić information content (AvgIpc) is 3.58. The van der Waals surface area contributed by atoms with Crippen LogP contribution in [-0.2, 0) is 88.6 Å². The predicted octanol–water partition coefficient (Wildman–Crippen LogP) is -2.46. The van der Waals surface area contributed by atoms with Gasteiger partial charge in [0.2, 0.25) is 59.1 Å². The molecule has 32 nitrogen and oxygen atoms in total. The van der Waals surface area contributed by atoms with Crippen molar-refractivity contribution >= 4 is 110 Å². The van der Waals surface area contributed by atoms with Crippen LogP contribution in [0.5, 0.6) is 0 Å². The second kappa shape index (κ2) is 44.8. The van der Waals surface area contributed by atoms with E-state index in [2.05, 4.69) is 63.5 Å². The summed E-state index contributed by atoms with van der Waals surface area (Å²) in [6.07, 6.45) is 0.0989. The van der Waals surface area contributed by atoms with E-state index in [-0.39, 0.29) is 131 Å². The molecule has 18 N–H and O–H groups in total. The van der Waals surface area contributed by atoms with Gasteiger partial charge in [0, 0.05) is 56.0 Å². The molecule has 7 atom stereocenters. The van der Waals surface area contributed by atoms with Gasteiger partial charge in [-0.15, -0.1) is 24.9 Å². The minimum atomic E-state index is -1.91. The van der Waals surface area contributed by atoms with Gasteiger partial charge in [-0.1, -0.05) is 57.8 Å². The van der Waals surface area contributed by atoms with Crippen LogP contribution < -0.4 is 65.1 Å². The summed E-state index contributed by atoms with van der Waals surface area (Å²) in [7, 11) is 1.84. The quantitative estimate of drug-likeness (QED) is 0.0179. The van der Waals surface area contributed by atoms with Crippen molar-refractivity contribution in [3.63, 3.8) is 0 Å². The molecule has 0 unspecified atom stereocenters. The summed E-state index contributed by atoms with van der Waals surface area (Å²) in [6, 6.07) is -1.99. The first-order valence-electron chi connectivity index (χ1n) is 27.6. The summed E-state index contributed by atoms with van der Waals surface area (Å²) in [5, 5.41) is 41.2. The Bertz CT molecular complexity index is 2490. The molecule has 2 aliphatic rings. The fraction of sp³-hybridized carbons (Fsp3) is 0.627. The number of unbranched alkanes of at least 4 members (excludes halogenated alkanes) is 1. The number of thioether (sulfide) groups is 1. The Labute approximate surface area is 523 Å². The molecule has 0 spiro atoms. The van der Waals surface area contributed by atoms with Crippen molar-refractivity contribution in [2.45, 2.75) is 113 Å². The number of rotatable bonds is 28. The first-order valence-corrected chi connectivity index (χ1v) is 32.8. The fourth-order valence-electron chi connectivity index (χ4n) is 8.23. The molecule has 0 radical (unpaired) electrons. The van der Waals surface area contributed by atoms with Gasteiger partial charge in [0.05, 0.1) is 18.7 Å². The molecule has 87 heavy (non-hydrogen) atoms. The number of carboxylic acid groups (broad SMARTS) is 1. The van der Waals surface area contributed by atoms with Crippen LogP contribution in [0.1, 0.15) is 69.8 Å². The molecule has 2 heterocycles. The number of nitrogens with two attached hydrogens (primary N) is 3. The summed E-state index contributed by atoms with van der Waals surface area (Å²) in [6.45, 7) is 1.05. The van der Waals surface area contributed by atoms with Gasteiger partial charge in [-0.05, 0) is 44.1 Å². The maximum atomic E-state index is 14.4. The number of fused-ring (bicyclic) bond motifs is 5. The van der Waals surface area contributed by atoms with Crippen molar-refractivity contribution in [2.24, 2.45) is 28.1 Å². The van der Waals surface area contributed by atoms with Gasteiger partial charge < -0.3 is 92.3 Å². The first-order chi connectivity index (χ1) is 41.6. The van der Waals surface area contributed by atoms with Crippen LogP contribution in [0, 0.1) is 5.92 Å².